The number of ether oxygens (including phenoxy) is 2. The largest absolute Gasteiger partial charge is 0.515 e. The van der Waals surface area contributed by atoms with Crippen molar-refractivity contribution in [2.45, 2.75) is 32.6 Å². The Kier molecular flexibility index (Phi) is 7.41. The molecule has 0 unspecified atom stereocenters. The van der Waals surface area contributed by atoms with E-state index in [1.54, 1.807) is 13.0 Å². The summed E-state index contributed by atoms with van der Waals surface area (Å²) in [6, 6.07) is 11.0. The summed E-state index contributed by atoms with van der Waals surface area (Å²) in [5, 5.41) is 13.5. The van der Waals surface area contributed by atoms with Gasteiger partial charge in [-0.1, -0.05) is 24.6 Å². The van der Waals surface area contributed by atoms with Crippen LogP contribution in [0.15, 0.2) is 36.4 Å². The van der Waals surface area contributed by atoms with Crippen molar-refractivity contribution in [2.75, 3.05) is 13.2 Å². The van der Waals surface area contributed by atoms with Gasteiger partial charge in [0.05, 0.1) is 24.6 Å². The molecule has 0 bridgehead atoms. The standard InChI is InChI=1S/C17H21N3O6/c1-14-13-16(19(18-14)15-9-5-4-6-10-15)26-17(21)24-11-7-2-3-8-12-25-20(22)23/h4-6,9-10,13H,2-3,7-8,11-12H2,1H3. The number of aryl methyl sites for hydroxylation is 1. The van der Waals surface area contributed by atoms with Crippen molar-refractivity contribution < 1.29 is 24.2 Å². The van der Waals surface area contributed by atoms with Crippen LogP contribution in [-0.2, 0) is 9.57 Å². The lowest BCUT2D eigenvalue weighted by atomic mass is 10.2. The molecule has 0 amide bonds. The number of rotatable bonds is 10. The third-order valence-electron chi connectivity index (χ3n) is 3.44. The number of hydrogen-bond donors (Lipinski definition) is 0. The van der Waals surface area contributed by atoms with Crippen LogP contribution < -0.4 is 4.74 Å². The maximum absolute atomic E-state index is 11.8. The number of carbonyl (C=O) groups excluding carboxylic acids is 1. The van der Waals surface area contributed by atoms with Crippen LogP contribution in [0.1, 0.15) is 31.4 Å². The van der Waals surface area contributed by atoms with Crippen LogP contribution in [0.4, 0.5) is 4.79 Å². The van der Waals surface area contributed by atoms with Crippen molar-refractivity contribution in [3.8, 4) is 11.6 Å². The molecular weight excluding hydrogens is 342 g/mol. The lowest BCUT2D eigenvalue weighted by molar-refractivity contribution is -0.757. The van der Waals surface area contributed by atoms with Gasteiger partial charge >= 0.3 is 6.16 Å². The summed E-state index contributed by atoms with van der Waals surface area (Å²) in [7, 11) is 0. The molecular formula is C17H21N3O6. The summed E-state index contributed by atoms with van der Waals surface area (Å²) in [6.07, 6.45) is 1.96. The average molecular weight is 363 g/mol. The monoisotopic (exact) mass is 363 g/mol. The van der Waals surface area contributed by atoms with Crippen molar-refractivity contribution in [1.29, 1.82) is 0 Å². The molecule has 0 saturated heterocycles. The Morgan fingerprint density at radius 1 is 1.15 bits per heavy atom. The first kappa shape index (κ1) is 19.2. The van der Waals surface area contributed by atoms with Crippen molar-refractivity contribution in [2.24, 2.45) is 0 Å². The normalized spacial score (nSPS) is 10.3. The predicted octanol–water partition coefficient (Wildman–Crippen LogP) is 3.46. The van der Waals surface area contributed by atoms with E-state index in [1.165, 1.54) is 4.68 Å². The zero-order chi connectivity index (χ0) is 18.8. The fraction of sp³-hybridized carbons (Fsp3) is 0.412. The number of aromatic nitrogens is 2. The van der Waals surface area contributed by atoms with Gasteiger partial charge in [0.25, 0.3) is 5.09 Å². The van der Waals surface area contributed by atoms with Crippen molar-refractivity contribution >= 4 is 6.16 Å². The summed E-state index contributed by atoms with van der Waals surface area (Å²) in [5.74, 6) is 0.288. The quantitative estimate of drug-likeness (QED) is 0.275. The molecule has 1 aromatic heterocycles. The van der Waals surface area contributed by atoms with Gasteiger partial charge in [-0.15, -0.1) is 10.1 Å². The second-order valence-electron chi connectivity index (χ2n) is 5.54. The minimum atomic E-state index is -0.805. The van der Waals surface area contributed by atoms with Crippen molar-refractivity contribution in [3.63, 3.8) is 0 Å². The Morgan fingerprint density at radius 2 is 1.85 bits per heavy atom. The van der Waals surface area contributed by atoms with E-state index in [1.807, 2.05) is 30.3 Å². The molecule has 1 aromatic carbocycles. The van der Waals surface area contributed by atoms with Gasteiger partial charge in [0.1, 0.15) is 0 Å². The van der Waals surface area contributed by atoms with E-state index in [-0.39, 0.29) is 19.1 Å². The van der Waals surface area contributed by atoms with E-state index in [0.717, 1.165) is 18.5 Å². The average Bonchev–Trinajstić information content (AvgIpc) is 2.98. The maximum atomic E-state index is 11.8. The van der Waals surface area contributed by atoms with E-state index in [2.05, 4.69) is 9.94 Å². The Balaban J connectivity index is 1.71. The van der Waals surface area contributed by atoms with Gasteiger partial charge in [-0.25, -0.2) is 9.48 Å². The minimum absolute atomic E-state index is 0.0821. The van der Waals surface area contributed by atoms with Gasteiger partial charge in [0.15, 0.2) is 0 Å². The highest BCUT2D eigenvalue weighted by molar-refractivity contribution is 5.63. The third-order valence-corrected chi connectivity index (χ3v) is 3.44. The van der Waals surface area contributed by atoms with Gasteiger partial charge in [0.2, 0.25) is 5.88 Å². The van der Waals surface area contributed by atoms with Crippen LogP contribution in [-0.4, -0.2) is 34.2 Å². The topological polar surface area (TPSA) is 106 Å². The zero-order valence-corrected chi connectivity index (χ0v) is 14.5. The molecule has 9 nitrogen and oxygen atoms in total. The number of hydrogen-bond acceptors (Lipinski definition) is 7. The maximum Gasteiger partial charge on any atom is 0.515 e. The number of nitrogens with zero attached hydrogens (tertiary/aromatic N) is 3. The van der Waals surface area contributed by atoms with Crippen LogP contribution in [0, 0.1) is 17.0 Å². The molecule has 1 heterocycles. The molecule has 140 valence electrons. The van der Waals surface area contributed by atoms with E-state index in [0.29, 0.717) is 18.5 Å². The van der Waals surface area contributed by atoms with Crippen molar-refractivity contribution in [3.05, 3.63) is 52.2 Å². The smallest absolute Gasteiger partial charge is 0.434 e. The van der Waals surface area contributed by atoms with Crippen LogP contribution in [0.5, 0.6) is 5.88 Å². The summed E-state index contributed by atoms with van der Waals surface area (Å²) >= 11 is 0. The van der Waals surface area contributed by atoms with Crippen LogP contribution >= 0.6 is 0 Å². The van der Waals surface area contributed by atoms with Gasteiger partial charge in [-0.3, -0.25) is 0 Å². The number of unbranched alkanes of at least 4 members (excludes halogenated alkanes) is 3. The molecule has 2 aromatic rings. The van der Waals surface area contributed by atoms with E-state index in [4.69, 9.17) is 9.47 Å². The first-order valence-electron chi connectivity index (χ1n) is 8.30. The van der Waals surface area contributed by atoms with E-state index >= 15 is 0 Å². The Bertz CT molecular complexity index is 717. The molecule has 0 saturated carbocycles. The molecule has 2 rings (SSSR count). The molecule has 0 aliphatic rings. The molecule has 0 spiro atoms. The fourth-order valence-corrected chi connectivity index (χ4v) is 2.27. The Labute approximate surface area is 150 Å². The molecule has 0 aliphatic carbocycles. The van der Waals surface area contributed by atoms with Gasteiger partial charge in [0, 0.05) is 6.07 Å². The highest BCUT2D eigenvalue weighted by Gasteiger charge is 2.13. The molecule has 0 N–H and O–H groups in total. The fourth-order valence-electron chi connectivity index (χ4n) is 2.27. The van der Waals surface area contributed by atoms with Gasteiger partial charge in [-0.2, -0.15) is 5.10 Å². The van der Waals surface area contributed by atoms with Gasteiger partial charge < -0.3 is 14.3 Å². The Morgan fingerprint density at radius 3 is 2.54 bits per heavy atom. The summed E-state index contributed by atoms with van der Waals surface area (Å²) in [4.78, 5) is 26.0. The zero-order valence-electron chi connectivity index (χ0n) is 14.5. The SMILES string of the molecule is Cc1cc(OC(=O)OCCCCCCO[N+](=O)[O-])n(-c2ccccc2)n1. The summed E-state index contributed by atoms with van der Waals surface area (Å²) in [5.41, 5.74) is 1.49. The minimum Gasteiger partial charge on any atom is -0.434 e. The van der Waals surface area contributed by atoms with Crippen LogP contribution in [0.3, 0.4) is 0 Å². The molecule has 26 heavy (non-hydrogen) atoms. The highest BCUT2D eigenvalue weighted by Crippen LogP contribution is 2.19. The third kappa shape index (κ3) is 6.42. The summed E-state index contributed by atoms with van der Waals surface area (Å²) < 4.78 is 11.8. The lowest BCUT2D eigenvalue weighted by Gasteiger charge is -2.08. The lowest BCUT2D eigenvalue weighted by Crippen LogP contribution is -2.14. The molecule has 0 aliphatic heterocycles. The first-order valence-corrected chi connectivity index (χ1v) is 8.30. The molecule has 0 atom stereocenters. The Hall–Kier alpha value is -3.10. The van der Waals surface area contributed by atoms with E-state index < -0.39 is 11.2 Å². The van der Waals surface area contributed by atoms with Crippen LogP contribution in [0.2, 0.25) is 0 Å². The van der Waals surface area contributed by atoms with E-state index in [9.17, 15) is 14.9 Å². The van der Waals surface area contributed by atoms with Gasteiger partial charge in [-0.05, 0) is 38.3 Å². The summed E-state index contributed by atoms with van der Waals surface area (Å²) in [6.45, 7) is 2.10. The van der Waals surface area contributed by atoms with Crippen molar-refractivity contribution in [1.82, 2.24) is 9.78 Å². The highest BCUT2D eigenvalue weighted by atomic mass is 16.9. The molecule has 0 fully saturated rings. The molecule has 0 radical (unpaired) electrons. The second-order valence-corrected chi connectivity index (χ2v) is 5.54. The number of benzene rings is 1. The number of carbonyl (C=O) groups is 1. The predicted molar refractivity (Wildman–Crippen MR) is 91.7 cm³/mol. The first-order chi connectivity index (χ1) is 12.6. The molecule has 9 heteroatoms. The number of para-hydroxylation sites is 1. The second kappa shape index (κ2) is 10.0. The van der Waals surface area contributed by atoms with Crippen LogP contribution in [0.25, 0.3) is 5.69 Å².